The molecule has 3 N–H and O–H groups in total. The molecular formula is C21H26F3N5O. The van der Waals surface area contributed by atoms with Crippen LogP contribution in [0.2, 0.25) is 0 Å². The second-order valence-electron chi connectivity index (χ2n) is 9.31. The zero-order chi connectivity index (χ0) is 22.5. The molecule has 30 heavy (non-hydrogen) atoms. The first-order valence-electron chi connectivity index (χ1n) is 9.54. The van der Waals surface area contributed by atoms with Gasteiger partial charge >= 0.3 is 6.18 Å². The average Bonchev–Trinajstić information content (AvgIpc) is 3.13. The molecule has 0 unspecified atom stereocenters. The third kappa shape index (κ3) is 4.44. The maximum atomic E-state index is 12.9. The molecule has 1 aromatic carbocycles. The second kappa shape index (κ2) is 7.07. The number of hydrogen-bond acceptors (Lipinski definition) is 3. The predicted molar refractivity (Wildman–Crippen MR) is 111 cm³/mol. The Morgan fingerprint density at radius 2 is 1.77 bits per heavy atom. The molecule has 0 bridgehead atoms. The van der Waals surface area contributed by atoms with Crippen LogP contribution >= 0.6 is 0 Å². The van der Waals surface area contributed by atoms with Crippen LogP contribution in [0.5, 0.6) is 0 Å². The van der Waals surface area contributed by atoms with Crippen molar-refractivity contribution in [1.29, 1.82) is 0 Å². The molecule has 3 aromatic rings. The van der Waals surface area contributed by atoms with Gasteiger partial charge in [0.1, 0.15) is 5.56 Å². The molecule has 1 amide bonds. The molecule has 0 spiro atoms. The van der Waals surface area contributed by atoms with Crippen molar-refractivity contribution in [2.45, 2.75) is 58.7 Å². The number of anilines is 2. The third-order valence-corrected chi connectivity index (χ3v) is 4.35. The van der Waals surface area contributed by atoms with Crippen molar-refractivity contribution < 1.29 is 18.0 Å². The van der Waals surface area contributed by atoms with Crippen LogP contribution in [-0.4, -0.2) is 26.0 Å². The molecule has 3 rings (SSSR count). The topological polar surface area (TPSA) is 74.2 Å². The molecular weight excluding hydrogens is 395 g/mol. The van der Waals surface area contributed by atoms with Gasteiger partial charge in [-0.05, 0) is 39.0 Å². The van der Waals surface area contributed by atoms with E-state index in [2.05, 4.69) is 20.7 Å². The molecule has 0 aliphatic rings. The number of aromatic nitrogens is 3. The van der Waals surface area contributed by atoms with Crippen molar-refractivity contribution in [3.05, 3.63) is 47.3 Å². The molecule has 0 fully saturated rings. The summed E-state index contributed by atoms with van der Waals surface area (Å²) < 4.78 is 40.5. The number of carbonyl (C=O) groups excluding carboxylic acids is 1. The van der Waals surface area contributed by atoms with E-state index in [1.165, 1.54) is 18.3 Å². The number of carbonyl (C=O) groups is 1. The van der Waals surface area contributed by atoms with E-state index < -0.39 is 17.6 Å². The summed E-state index contributed by atoms with van der Waals surface area (Å²) in [6, 6.07) is 4.53. The van der Waals surface area contributed by atoms with Crippen LogP contribution in [-0.2, 0) is 11.6 Å². The fraction of sp³-hybridized carbons (Fsp3) is 0.429. The van der Waals surface area contributed by atoms with Gasteiger partial charge in [0, 0.05) is 22.8 Å². The SMILES string of the molecule is CC(C)(C)Nc1c(C(C)(C)C)nc2c(C(=O)Nc3cccc(C(F)(F)F)c3)c[nH]n12. The Balaban J connectivity index is 2.00. The fourth-order valence-corrected chi connectivity index (χ4v) is 3.05. The zero-order valence-corrected chi connectivity index (χ0v) is 17.8. The van der Waals surface area contributed by atoms with Gasteiger partial charge < -0.3 is 10.6 Å². The Kier molecular flexibility index (Phi) is 5.12. The Morgan fingerprint density at radius 1 is 1.10 bits per heavy atom. The van der Waals surface area contributed by atoms with Crippen molar-refractivity contribution in [3.63, 3.8) is 0 Å². The summed E-state index contributed by atoms with van der Waals surface area (Å²) >= 11 is 0. The van der Waals surface area contributed by atoms with Crippen LogP contribution < -0.4 is 10.6 Å². The van der Waals surface area contributed by atoms with E-state index in [1.807, 2.05) is 41.5 Å². The number of amides is 1. The zero-order valence-electron chi connectivity index (χ0n) is 17.8. The van der Waals surface area contributed by atoms with Crippen LogP contribution in [0.3, 0.4) is 0 Å². The molecule has 6 nitrogen and oxygen atoms in total. The molecule has 0 aliphatic carbocycles. The van der Waals surface area contributed by atoms with Crippen LogP contribution in [0.15, 0.2) is 30.5 Å². The summed E-state index contributed by atoms with van der Waals surface area (Å²) in [5.74, 6) is 0.191. The number of hydrogen-bond donors (Lipinski definition) is 3. The highest BCUT2D eigenvalue weighted by atomic mass is 19.4. The lowest BCUT2D eigenvalue weighted by Crippen LogP contribution is -2.29. The van der Waals surface area contributed by atoms with Gasteiger partial charge in [-0.3, -0.25) is 9.89 Å². The summed E-state index contributed by atoms with van der Waals surface area (Å²) in [6.45, 7) is 12.1. The molecule has 162 valence electrons. The summed E-state index contributed by atoms with van der Waals surface area (Å²) in [5, 5.41) is 8.97. The van der Waals surface area contributed by atoms with E-state index in [0.29, 0.717) is 5.65 Å². The summed E-state index contributed by atoms with van der Waals surface area (Å²) in [5.41, 5.74) is 0.0989. The van der Waals surface area contributed by atoms with E-state index in [-0.39, 0.29) is 22.2 Å². The summed E-state index contributed by atoms with van der Waals surface area (Å²) in [7, 11) is 0. The Morgan fingerprint density at radius 3 is 2.33 bits per heavy atom. The molecule has 0 atom stereocenters. The van der Waals surface area contributed by atoms with E-state index in [9.17, 15) is 18.0 Å². The number of benzene rings is 1. The number of rotatable bonds is 3. The number of alkyl halides is 3. The van der Waals surface area contributed by atoms with Crippen molar-refractivity contribution in [1.82, 2.24) is 14.6 Å². The minimum absolute atomic E-state index is 0.0600. The molecule has 9 heteroatoms. The largest absolute Gasteiger partial charge is 0.416 e. The molecule has 0 saturated heterocycles. The lowest BCUT2D eigenvalue weighted by Gasteiger charge is -2.25. The van der Waals surface area contributed by atoms with Crippen LogP contribution in [0.4, 0.5) is 24.7 Å². The number of halogens is 3. The average molecular weight is 421 g/mol. The van der Waals surface area contributed by atoms with Crippen LogP contribution in [0, 0.1) is 0 Å². The standard InChI is InChI=1S/C21H26F3N5O/c1-19(2,3)15-17(28-20(4,5)6)29-16(27-15)14(11-25-29)18(30)26-13-9-7-8-12(10-13)21(22,23)24/h7-11,25,28H,1-6H3,(H,26,30). The number of nitrogens with zero attached hydrogens (tertiary/aromatic N) is 2. The highest BCUT2D eigenvalue weighted by Crippen LogP contribution is 2.33. The number of fused-ring (bicyclic) bond motifs is 1. The van der Waals surface area contributed by atoms with Gasteiger partial charge in [-0.25, -0.2) is 9.50 Å². The molecule has 0 aliphatic heterocycles. The van der Waals surface area contributed by atoms with E-state index in [0.717, 1.165) is 23.6 Å². The Bertz CT molecular complexity index is 1080. The van der Waals surface area contributed by atoms with Crippen molar-refractivity contribution in [3.8, 4) is 0 Å². The maximum absolute atomic E-state index is 12.9. The van der Waals surface area contributed by atoms with Crippen LogP contribution in [0.25, 0.3) is 5.65 Å². The first-order chi connectivity index (χ1) is 13.7. The van der Waals surface area contributed by atoms with Gasteiger partial charge in [-0.15, -0.1) is 0 Å². The molecule has 2 aromatic heterocycles. The fourth-order valence-electron chi connectivity index (χ4n) is 3.05. The van der Waals surface area contributed by atoms with Gasteiger partial charge in [0.05, 0.1) is 11.3 Å². The second-order valence-corrected chi connectivity index (χ2v) is 9.31. The van der Waals surface area contributed by atoms with Gasteiger partial charge in [-0.2, -0.15) is 13.2 Å². The lowest BCUT2D eigenvalue weighted by atomic mass is 9.91. The normalized spacial score (nSPS) is 13.0. The van der Waals surface area contributed by atoms with Gasteiger partial charge in [0.2, 0.25) is 0 Å². The maximum Gasteiger partial charge on any atom is 0.416 e. The quantitative estimate of drug-likeness (QED) is 0.527. The minimum atomic E-state index is -4.49. The Hall–Kier alpha value is -2.97. The van der Waals surface area contributed by atoms with Crippen molar-refractivity contribution in [2.24, 2.45) is 0 Å². The van der Waals surface area contributed by atoms with Crippen LogP contribution in [0.1, 0.15) is 63.2 Å². The molecule has 0 radical (unpaired) electrons. The van der Waals surface area contributed by atoms with E-state index >= 15 is 0 Å². The van der Waals surface area contributed by atoms with Gasteiger partial charge in [-0.1, -0.05) is 26.8 Å². The van der Waals surface area contributed by atoms with E-state index in [4.69, 9.17) is 0 Å². The number of imidazole rings is 1. The highest BCUT2D eigenvalue weighted by molar-refractivity contribution is 6.08. The van der Waals surface area contributed by atoms with E-state index in [1.54, 1.807) is 4.52 Å². The summed E-state index contributed by atoms with van der Waals surface area (Å²) in [6.07, 6.45) is -2.99. The molecule has 0 saturated carbocycles. The first-order valence-corrected chi connectivity index (χ1v) is 9.54. The minimum Gasteiger partial charge on any atom is -0.364 e. The summed E-state index contributed by atoms with van der Waals surface area (Å²) in [4.78, 5) is 17.5. The van der Waals surface area contributed by atoms with Gasteiger partial charge in [0.15, 0.2) is 11.5 Å². The van der Waals surface area contributed by atoms with Crippen molar-refractivity contribution in [2.75, 3.05) is 10.6 Å². The first kappa shape index (κ1) is 21.7. The smallest absolute Gasteiger partial charge is 0.364 e. The van der Waals surface area contributed by atoms with Gasteiger partial charge in [0.25, 0.3) is 5.91 Å². The van der Waals surface area contributed by atoms with Crippen molar-refractivity contribution >= 4 is 23.1 Å². The Labute approximate surface area is 172 Å². The lowest BCUT2D eigenvalue weighted by molar-refractivity contribution is -0.137. The third-order valence-electron chi connectivity index (χ3n) is 4.35. The highest BCUT2D eigenvalue weighted by Gasteiger charge is 2.31. The number of aromatic amines is 1. The number of nitrogens with one attached hydrogen (secondary N) is 3. The number of H-pyrrole nitrogens is 1. The monoisotopic (exact) mass is 421 g/mol. The predicted octanol–water partition coefficient (Wildman–Crippen LogP) is 5.44. The molecule has 2 heterocycles.